The summed E-state index contributed by atoms with van der Waals surface area (Å²) in [5, 5.41) is 1.16. The highest BCUT2D eigenvalue weighted by Crippen LogP contribution is 2.33. The van der Waals surface area contributed by atoms with E-state index in [1.54, 1.807) is 23.7 Å². The molecule has 3 atom stereocenters. The van der Waals surface area contributed by atoms with Gasteiger partial charge in [-0.3, -0.25) is 4.79 Å². The molecule has 0 N–H and O–H groups in total. The van der Waals surface area contributed by atoms with E-state index in [1.807, 2.05) is 12.1 Å². The largest absolute Gasteiger partial charge is 0.339 e. The van der Waals surface area contributed by atoms with Gasteiger partial charge in [0.05, 0.1) is 4.90 Å². The number of hydrogen-bond acceptors (Lipinski definition) is 6. The van der Waals surface area contributed by atoms with E-state index in [-0.39, 0.29) is 11.8 Å². The highest BCUT2D eigenvalue weighted by atomic mass is 32.2. The molecule has 1 saturated heterocycles. The molecule has 186 valence electrons. The third kappa shape index (κ3) is 6.25. The lowest BCUT2D eigenvalue weighted by Gasteiger charge is -2.27. The average molecular weight is 504 g/mol. The van der Waals surface area contributed by atoms with Gasteiger partial charge in [0.15, 0.2) is 9.84 Å². The topological polar surface area (TPSA) is 80.2 Å². The number of amides is 1. The molecule has 1 amide bonds. The van der Waals surface area contributed by atoms with Crippen LogP contribution in [0.2, 0.25) is 0 Å². The number of sulfone groups is 1. The molecule has 2 heterocycles. The molecule has 4 rings (SSSR count). The van der Waals surface area contributed by atoms with Gasteiger partial charge in [-0.15, -0.1) is 0 Å². The van der Waals surface area contributed by atoms with Gasteiger partial charge in [0.25, 0.3) is 0 Å². The van der Waals surface area contributed by atoms with Crippen molar-refractivity contribution in [2.45, 2.75) is 88.5 Å². The van der Waals surface area contributed by atoms with Gasteiger partial charge in [-0.05, 0) is 73.7 Å². The van der Waals surface area contributed by atoms with Crippen LogP contribution in [0, 0.1) is 11.8 Å². The van der Waals surface area contributed by atoms with Crippen molar-refractivity contribution in [2.75, 3.05) is 12.8 Å². The first-order chi connectivity index (χ1) is 16.2. The Morgan fingerprint density at radius 1 is 1.09 bits per heavy atom. The molecule has 3 unspecified atom stereocenters. The fourth-order valence-electron chi connectivity index (χ4n) is 5.36. The van der Waals surface area contributed by atoms with Crippen LogP contribution in [0.3, 0.4) is 0 Å². The molecule has 2 aliphatic rings. The van der Waals surface area contributed by atoms with Gasteiger partial charge in [0.2, 0.25) is 5.91 Å². The van der Waals surface area contributed by atoms with Gasteiger partial charge in [0.1, 0.15) is 10.8 Å². The first-order valence-electron chi connectivity index (χ1n) is 12.6. The van der Waals surface area contributed by atoms with Crippen LogP contribution in [0.4, 0.5) is 0 Å². The summed E-state index contributed by atoms with van der Waals surface area (Å²) in [6.45, 7) is 5.12. The molecule has 1 aliphatic heterocycles. The predicted octanol–water partition coefficient (Wildman–Crippen LogP) is 5.04. The zero-order chi connectivity index (χ0) is 24.3. The highest BCUT2D eigenvalue weighted by molar-refractivity contribution is 7.90. The molecule has 1 aromatic carbocycles. The number of rotatable bonds is 8. The number of likely N-dealkylation sites (tertiary alicyclic amines) is 1. The van der Waals surface area contributed by atoms with Crippen molar-refractivity contribution in [1.82, 2.24) is 14.3 Å². The van der Waals surface area contributed by atoms with E-state index in [1.165, 1.54) is 31.9 Å². The summed E-state index contributed by atoms with van der Waals surface area (Å²) in [6, 6.07) is 7.37. The van der Waals surface area contributed by atoms with Gasteiger partial charge in [-0.1, -0.05) is 38.8 Å². The molecular weight excluding hydrogens is 466 g/mol. The van der Waals surface area contributed by atoms with Crippen LogP contribution in [0.5, 0.6) is 0 Å². The van der Waals surface area contributed by atoms with Gasteiger partial charge in [-0.2, -0.15) is 4.37 Å². The Balaban J connectivity index is 1.27. The molecule has 8 heteroatoms. The minimum Gasteiger partial charge on any atom is -0.339 e. The maximum atomic E-state index is 13.2. The highest BCUT2D eigenvalue weighted by Gasteiger charge is 2.36. The lowest BCUT2D eigenvalue weighted by Crippen LogP contribution is -2.37. The normalized spacial score (nSPS) is 24.1. The first-order valence-corrected chi connectivity index (χ1v) is 15.3. The molecule has 2 aromatic rings. The number of carbonyl (C=O) groups is 1. The fraction of sp³-hybridized carbons (Fsp3) is 0.654. The van der Waals surface area contributed by atoms with Crippen LogP contribution < -0.4 is 0 Å². The van der Waals surface area contributed by atoms with Gasteiger partial charge < -0.3 is 4.90 Å². The fourth-order valence-corrected chi connectivity index (χ4v) is 6.79. The van der Waals surface area contributed by atoms with Crippen LogP contribution >= 0.6 is 11.5 Å². The average Bonchev–Trinajstić information content (AvgIpc) is 3.33. The molecule has 0 spiro atoms. The molecule has 0 radical (unpaired) electrons. The first kappa shape index (κ1) is 25.3. The summed E-state index contributed by atoms with van der Waals surface area (Å²) in [5.74, 6) is 2.35. The summed E-state index contributed by atoms with van der Waals surface area (Å²) in [5.41, 5.74) is 1.03. The number of benzene rings is 1. The number of aromatic nitrogens is 2. The van der Waals surface area contributed by atoms with Crippen molar-refractivity contribution in [3.8, 4) is 0 Å². The maximum Gasteiger partial charge on any atom is 0.226 e. The van der Waals surface area contributed by atoms with Crippen LogP contribution in [0.25, 0.3) is 0 Å². The van der Waals surface area contributed by atoms with Crippen LogP contribution in [-0.4, -0.2) is 47.4 Å². The van der Waals surface area contributed by atoms with E-state index in [9.17, 15) is 13.2 Å². The second-order valence-corrected chi connectivity index (χ2v) is 13.3. The molecule has 6 nitrogen and oxygen atoms in total. The van der Waals surface area contributed by atoms with Crippen molar-refractivity contribution >= 4 is 27.3 Å². The number of carbonyl (C=O) groups excluding carboxylic acids is 1. The van der Waals surface area contributed by atoms with E-state index < -0.39 is 9.84 Å². The molecule has 1 aliphatic carbocycles. The van der Waals surface area contributed by atoms with Gasteiger partial charge in [0, 0.05) is 37.1 Å². The number of nitrogens with zero attached hydrogens (tertiary/aromatic N) is 3. The molecule has 1 saturated carbocycles. The minimum atomic E-state index is -3.19. The molecule has 34 heavy (non-hydrogen) atoms. The monoisotopic (exact) mass is 503 g/mol. The molecule has 2 fully saturated rings. The second kappa shape index (κ2) is 10.9. The van der Waals surface area contributed by atoms with Crippen molar-refractivity contribution in [3.63, 3.8) is 0 Å². The standard InChI is InChI=1S/C26H37N3O3S2/c1-18(2)25-27-24(33-28-25)14-10-19-5-4-6-22(11-7-19)29-16-15-21(26(29)30)17-20-8-12-23(13-9-20)34(3,31)32/h8-9,12-13,18-19,21-22H,4-7,10-11,14-17H2,1-3H3. The Hall–Kier alpha value is -1.80. The van der Waals surface area contributed by atoms with Gasteiger partial charge in [-0.25, -0.2) is 13.4 Å². The number of hydrogen-bond donors (Lipinski definition) is 0. The maximum absolute atomic E-state index is 13.2. The van der Waals surface area contributed by atoms with Gasteiger partial charge >= 0.3 is 0 Å². The van der Waals surface area contributed by atoms with Crippen molar-refractivity contribution in [3.05, 3.63) is 40.7 Å². The Morgan fingerprint density at radius 2 is 1.85 bits per heavy atom. The van der Waals surface area contributed by atoms with E-state index in [0.717, 1.165) is 48.6 Å². The Kier molecular flexibility index (Phi) is 8.08. The van der Waals surface area contributed by atoms with E-state index in [4.69, 9.17) is 0 Å². The minimum absolute atomic E-state index is 0.00990. The van der Waals surface area contributed by atoms with Crippen molar-refractivity contribution < 1.29 is 13.2 Å². The Bertz CT molecular complexity index is 1080. The van der Waals surface area contributed by atoms with E-state index >= 15 is 0 Å². The van der Waals surface area contributed by atoms with E-state index in [2.05, 4.69) is 28.1 Å². The zero-order valence-corrected chi connectivity index (χ0v) is 22.2. The third-order valence-electron chi connectivity index (χ3n) is 7.45. The summed E-state index contributed by atoms with van der Waals surface area (Å²) < 4.78 is 27.8. The Morgan fingerprint density at radius 3 is 2.53 bits per heavy atom. The summed E-state index contributed by atoms with van der Waals surface area (Å²) in [7, 11) is -3.19. The number of aryl methyl sites for hydroxylation is 1. The molecular formula is C26H37N3O3S2. The quantitative estimate of drug-likeness (QED) is 0.472. The van der Waals surface area contributed by atoms with Crippen molar-refractivity contribution in [2.24, 2.45) is 11.8 Å². The Labute approximate surface area is 208 Å². The van der Waals surface area contributed by atoms with Crippen LogP contribution in [-0.2, 0) is 27.5 Å². The predicted molar refractivity (Wildman–Crippen MR) is 136 cm³/mol. The third-order valence-corrected chi connectivity index (χ3v) is 9.36. The smallest absolute Gasteiger partial charge is 0.226 e. The summed E-state index contributed by atoms with van der Waals surface area (Å²) >= 11 is 1.55. The molecule has 0 bridgehead atoms. The second-order valence-electron chi connectivity index (χ2n) is 10.4. The van der Waals surface area contributed by atoms with Crippen LogP contribution in [0.1, 0.15) is 81.1 Å². The van der Waals surface area contributed by atoms with Crippen molar-refractivity contribution in [1.29, 1.82) is 0 Å². The van der Waals surface area contributed by atoms with Crippen LogP contribution in [0.15, 0.2) is 29.2 Å². The lowest BCUT2D eigenvalue weighted by molar-refractivity contribution is -0.133. The SMILES string of the molecule is CC(C)c1nsc(CCC2CCCC(N3CCC(Cc4ccc(S(C)(=O)=O)cc4)C3=O)CC2)n1. The lowest BCUT2D eigenvalue weighted by atomic mass is 9.95. The summed E-state index contributed by atoms with van der Waals surface area (Å²) in [6.07, 6.45) is 10.8. The zero-order valence-electron chi connectivity index (χ0n) is 20.6. The summed E-state index contributed by atoms with van der Waals surface area (Å²) in [4.78, 5) is 20.4. The molecule has 1 aromatic heterocycles. The van der Waals surface area contributed by atoms with E-state index in [0.29, 0.717) is 29.2 Å².